The molecular formula is C3H9N3O3. The Hall–Kier alpha value is -1.30. The normalized spacial score (nSPS) is 6.44. The van der Waals surface area contributed by atoms with Crippen LogP contribution in [0.25, 0.3) is 0 Å². The number of nitrogens with two attached hydrogens (primary N) is 1. The van der Waals surface area contributed by atoms with Crippen LogP contribution in [0.3, 0.4) is 0 Å². The largest absolute Gasteiger partial charge is 0.481 e. The molecule has 54 valence electrons. The number of guanidine groups is 1. The van der Waals surface area contributed by atoms with Gasteiger partial charge in [0, 0.05) is 6.92 Å². The van der Waals surface area contributed by atoms with Crippen molar-refractivity contribution in [2.75, 3.05) is 0 Å². The van der Waals surface area contributed by atoms with Crippen molar-refractivity contribution < 1.29 is 15.1 Å². The molecule has 0 aromatic heterocycles. The van der Waals surface area contributed by atoms with E-state index in [1.165, 1.54) is 5.48 Å². The predicted octanol–water partition coefficient (Wildman–Crippen LogP) is -1.05. The summed E-state index contributed by atoms with van der Waals surface area (Å²) in [6.45, 7) is 1.08. The summed E-state index contributed by atoms with van der Waals surface area (Å²) in [6.07, 6.45) is 0. The molecule has 0 fully saturated rings. The van der Waals surface area contributed by atoms with Crippen LogP contribution in [0, 0.1) is 5.41 Å². The van der Waals surface area contributed by atoms with E-state index in [1.54, 1.807) is 0 Å². The van der Waals surface area contributed by atoms with Gasteiger partial charge in [0.25, 0.3) is 5.97 Å². The van der Waals surface area contributed by atoms with Crippen molar-refractivity contribution in [3.63, 3.8) is 0 Å². The number of hydroxylamine groups is 1. The molecule has 0 radical (unpaired) electrons. The lowest BCUT2D eigenvalue weighted by atomic mass is 10.9. The van der Waals surface area contributed by atoms with Crippen LogP contribution in [0.4, 0.5) is 0 Å². The SMILES string of the molecule is CC(=O)O.N=C(N)NO. The Morgan fingerprint density at radius 2 is 1.89 bits per heavy atom. The van der Waals surface area contributed by atoms with E-state index >= 15 is 0 Å². The summed E-state index contributed by atoms with van der Waals surface area (Å²) in [5.74, 6) is -1.27. The average Bonchev–Trinajstić information content (AvgIpc) is 1.65. The number of hydrogen-bond acceptors (Lipinski definition) is 3. The summed E-state index contributed by atoms with van der Waals surface area (Å²) in [4.78, 5) is 9.00. The predicted molar refractivity (Wildman–Crippen MR) is 30.1 cm³/mol. The first-order valence-electron chi connectivity index (χ1n) is 1.94. The molecule has 6 N–H and O–H groups in total. The Bertz CT molecular complexity index is 98.5. The van der Waals surface area contributed by atoms with Gasteiger partial charge in [0.2, 0.25) is 5.96 Å². The van der Waals surface area contributed by atoms with E-state index in [9.17, 15) is 0 Å². The van der Waals surface area contributed by atoms with Gasteiger partial charge < -0.3 is 10.8 Å². The summed E-state index contributed by atoms with van der Waals surface area (Å²) in [6, 6.07) is 0. The minimum absolute atomic E-state index is 0.440. The molecule has 0 aliphatic carbocycles. The molecular weight excluding hydrogens is 126 g/mol. The van der Waals surface area contributed by atoms with Gasteiger partial charge in [-0.25, -0.2) is 5.48 Å². The lowest BCUT2D eigenvalue weighted by Crippen LogP contribution is -2.26. The fourth-order valence-electron chi connectivity index (χ4n) is 0. The minimum atomic E-state index is -0.833. The van der Waals surface area contributed by atoms with E-state index in [0.717, 1.165) is 6.92 Å². The third kappa shape index (κ3) is 302. The Kier molecular flexibility index (Phi) is 7.92. The molecule has 9 heavy (non-hydrogen) atoms. The van der Waals surface area contributed by atoms with Crippen molar-refractivity contribution in [3.8, 4) is 0 Å². The Labute approximate surface area is 51.8 Å². The standard InChI is InChI=1S/C2H4O2.CH5N3O/c1-2(3)4;2-1(3)4-5/h1H3,(H,3,4);5H,(H4,2,3,4). The highest BCUT2D eigenvalue weighted by Gasteiger charge is 1.67. The molecule has 0 saturated heterocycles. The summed E-state index contributed by atoms with van der Waals surface area (Å²) >= 11 is 0. The Morgan fingerprint density at radius 3 is 1.89 bits per heavy atom. The summed E-state index contributed by atoms with van der Waals surface area (Å²) in [5, 5.41) is 21.1. The lowest BCUT2D eigenvalue weighted by molar-refractivity contribution is -0.134. The zero-order valence-corrected chi connectivity index (χ0v) is 4.88. The monoisotopic (exact) mass is 135 g/mol. The maximum atomic E-state index is 9.00. The number of carbonyl (C=O) groups is 1. The van der Waals surface area contributed by atoms with Crippen LogP contribution in [0.1, 0.15) is 6.92 Å². The van der Waals surface area contributed by atoms with Crippen LogP contribution < -0.4 is 11.2 Å². The third-order valence-corrected chi connectivity index (χ3v) is 0.120. The molecule has 0 atom stereocenters. The quantitative estimate of drug-likeness (QED) is 0.165. The fraction of sp³-hybridized carbons (Fsp3) is 0.333. The molecule has 0 unspecified atom stereocenters. The Balaban J connectivity index is 0. The van der Waals surface area contributed by atoms with E-state index in [4.69, 9.17) is 20.5 Å². The van der Waals surface area contributed by atoms with Crippen molar-refractivity contribution in [2.24, 2.45) is 5.73 Å². The van der Waals surface area contributed by atoms with Crippen molar-refractivity contribution in [1.82, 2.24) is 5.48 Å². The number of aliphatic carboxylic acids is 1. The van der Waals surface area contributed by atoms with E-state index < -0.39 is 11.9 Å². The van der Waals surface area contributed by atoms with E-state index in [1.807, 2.05) is 0 Å². The molecule has 0 heterocycles. The summed E-state index contributed by atoms with van der Waals surface area (Å²) in [5.41, 5.74) is 5.90. The van der Waals surface area contributed by atoms with Crippen LogP contribution in [-0.2, 0) is 4.79 Å². The number of carboxylic acids is 1. The third-order valence-electron chi connectivity index (χ3n) is 0.120. The van der Waals surface area contributed by atoms with Gasteiger partial charge in [-0.3, -0.25) is 15.4 Å². The average molecular weight is 135 g/mol. The molecule has 0 amide bonds. The molecule has 0 spiro atoms. The van der Waals surface area contributed by atoms with Gasteiger partial charge in [-0.2, -0.15) is 0 Å². The minimum Gasteiger partial charge on any atom is -0.481 e. The maximum Gasteiger partial charge on any atom is 0.300 e. The highest BCUT2D eigenvalue weighted by atomic mass is 16.5. The van der Waals surface area contributed by atoms with Crippen LogP contribution in [-0.4, -0.2) is 22.2 Å². The molecule has 0 rings (SSSR count). The number of rotatable bonds is 0. The van der Waals surface area contributed by atoms with Gasteiger partial charge in [-0.1, -0.05) is 0 Å². The van der Waals surface area contributed by atoms with Crippen LogP contribution in [0.2, 0.25) is 0 Å². The molecule has 0 bridgehead atoms. The molecule has 0 saturated carbocycles. The van der Waals surface area contributed by atoms with Crippen molar-refractivity contribution in [2.45, 2.75) is 6.92 Å². The molecule has 6 heteroatoms. The van der Waals surface area contributed by atoms with Crippen molar-refractivity contribution in [1.29, 1.82) is 5.41 Å². The molecule has 0 aromatic carbocycles. The Morgan fingerprint density at radius 1 is 1.78 bits per heavy atom. The first-order valence-corrected chi connectivity index (χ1v) is 1.94. The second-order valence-corrected chi connectivity index (χ2v) is 1.04. The van der Waals surface area contributed by atoms with Crippen LogP contribution in [0.5, 0.6) is 0 Å². The van der Waals surface area contributed by atoms with Gasteiger partial charge in [0.05, 0.1) is 0 Å². The number of hydrogen-bond donors (Lipinski definition) is 5. The van der Waals surface area contributed by atoms with Crippen LogP contribution >= 0.6 is 0 Å². The van der Waals surface area contributed by atoms with Gasteiger partial charge in [-0.15, -0.1) is 0 Å². The molecule has 0 aliphatic heterocycles. The van der Waals surface area contributed by atoms with Crippen LogP contribution in [0.15, 0.2) is 0 Å². The molecule has 0 aromatic rings. The molecule has 0 aliphatic rings. The zero-order valence-electron chi connectivity index (χ0n) is 4.88. The van der Waals surface area contributed by atoms with Gasteiger partial charge in [0.1, 0.15) is 0 Å². The van der Waals surface area contributed by atoms with Crippen molar-refractivity contribution >= 4 is 11.9 Å². The number of nitrogens with one attached hydrogen (secondary N) is 2. The fourth-order valence-corrected chi connectivity index (χ4v) is 0. The topological polar surface area (TPSA) is 119 Å². The second-order valence-electron chi connectivity index (χ2n) is 1.04. The van der Waals surface area contributed by atoms with Gasteiger partial charge >= 0.3 is 0 Å². The first-order chi connectivity index (χ1) is 4.00. The maximum absolute atomic E-state index is 9.00. The van der Waals surface area contributed by atoms with Crippen molar-refractivity contribution in [3.05, 3.63) is 0 Å². The zero-order chi connectivity index (χ0) is 7.86. The summed E-state index contributed by atoms with van der Waals surface area (Å²) in [7, 11) is 0. The lowest BCUT2D eigenvalue weighted by Gasteiger charge is -1.84. The second kappa shape index (κ2) is 6.70. The van der Waals surface area contributed by atoms with E-state index in [-0.39, 0.29) is 0 Å². The highest BCUT2D eigenvalue weighted by Crippen LogP contribution is 1.42. The smallest absolute Gasteiger partial charge is 0.300 e. The molecule has 6 nitrogen and oxygen atoms in total. The summed E-state index contributed by atoms with van der Waals surface area (Å²) < 4.78 is 0. The van der Waals surface area contributed by atoms with Gasteiger partial charge in [-0.05, 0) is 0 Å². The number of carboxylic acid groups (broad SMARTS) is 1. The first kappa shape index (κ1) is 10.6. The van der Waals surface area contributed by atoms with E-state index in [2.05, 4.69) is 5.73 Å². The highest BCUT2D eigenvalue weighted by molar-refractivity contribution is 5.72. The van der Waals surface area contributed by atoms with E-state index in [0.29, 0.717) is 0 Å². The van der Waals surface area contributed by atoms with Gasteiger partial charge in [0.15, 0.2) is 0 Å².